The fraction of sp³-hybridized carbons (Fsp3) is 0.600. The highest BCUT2D eigenvalue weighted by Crippen LogP contribution is 2.23. The summed E-state index contributed by atoms with van der Waals surface area (Å²) in [5.41, 5.74) is 8.44. The van der Waals surface area contributed by atoms with Crippen molar-refractivity contribution in [3.05, 3.63) is 29.8 Å². The van der Waals surface area contributed by atoms with E-state index < -0.39 is 0 Å². The highest BCUT2D eigenvalue weighted by Gasteiger charge is 2.19. The third-order valence-corrected chi connectivity index (χ3v) is 3.84. The van der Waals surface area contributed by atoms with Gasteiger partial charge in [-0.05, 0) is 30.5 Å². The van der Waals surface area contributed by atoms with Gasteiger partial charge in [0, 0.05) is 38.4 Å². The largest absolute Gasteiger partial charge is 0.378 e. The van der Waals surface area contributed by atoms with Gasteiger partial charge in [-0.15, -0.1) is 0 Å². The van der Waals surface area contributed by atoms with E-state index in [1.165, 1.54) is 36.9 Å². The summed E-state index contributed by atoms with van der Waals surface area (Å²) in [6, 6.07) is 9.66. The van der Waals surface area contributed by atoms with E-state index in [-0.39, 0.29) is 0 Å². The van der Waals surface area contributed by atoms with Crippen LogP contribution in [0.25, 0.3) is 0 Å². The molecule has 1 aromatic rings. The van der Waals surface area contributed by atoms with E-state index in [9.17, 15) is 0 Å². The van der Waals surface area contributed by atoms with Crippen molar-refractivity contribution < 1.29 is 0 Å². The molecule has 18 heavy (non-hydrogen) atoms. The van der Waals surface area contributed by atoms with Gasteiger partial charge in [-0.3, -0.25) is 0 Å². The molecule has 0 radical (unpaired) electrons. The van der Waals surface area contributed by atoms with Crippen molar-refractivity contribution in [1.82, 2.24) is 5.32 Å². The molecule has 3 nitrogen and oxygen atoms in total. The van der Waals surface area contributed by atoms with Crippen molar-refractivity contribution in [3.8, 4) is 0 Å². The molecule has 3 heteroatoms. The fourth-order valence-corrected chi connectivity index (χ4v) is 2.68. The summed E-state index contributed by atoms with van der Waals surface area (Å²) in [6.07, 6.45) is 5.31. The van der Waals surface area contributed by atoms with E-state index in [1.807, 2.05) is 0 Å². The highest BCUT2D eigenvalue weighted by atomic mass is 15.1. The zero-order chi connectivity index (χ0) is 13.0. The van der Waals surface area contributed by atoms with Crippen LogP contribution in [0.4, 0.5) is 5.69 Å². The van der Waals surface area contributed by atoms with Gasteiger partial charge in [-0.1, -0.05) is 25.0 Å². The summed E-state index contributed by atoms with van der Waals surface area (Å²) >= 11 is 0. The van der Waals surface area contributed by atoms with Crippen molar-refractivity contribution in [3.63, 3.8) is 0 Å². The second kappa shape index (κ2) is 6.21. The molecular weight excluding hydrogens is 222 g/mol. The van der Waals surface area contributed by atoms with E-state index in [0.29, 0.717) is 18.6 Å². The summed E-state index contributed by atoms with van der Waals surface area (Å²) in [5.74, 6) is 0. The third-order valence-electron chi connectivity index (χ3n) is 3.84. The van der Waals surface area contributed by atoms with Gasteiger partial charge < -0.3 is 16.0 Å². The molecule has 1 aliphatic rings. The van der Waals surface area contributed by atoms with Gasteiger partial charge in [0.25, 0.3) is 0 Å². The summed E-state index contributed by atoms with van der Waals surface area (Å²) in [4.78, 5) is 2.12. The van der Waals surface area contributed by atoms with Crippen molar-refractivity contribution in [2.24, 2.45) is 5.73 Å². The molecule has 0 heterocycles. The SMILES string of the molecule is CN(C)c1ccc(C(CN)NC2CCCC2)cc1. The number of hydrogen-bond acceptors (Lipinski definition) is 3. The summed E-state index contributed by atoms with van der Waals surface area (Å²) in [6.45, 7) is 0.664. The second-order valence-corrected chi connectivity index (χ2v) is 5.42. The average Bonchev–Trinajstić information content (AvgIpc) is 2.89. The molecular formula is C15H25N3. The van der Waals surface area contributed by atoms with Crippen molar-refractivity contribution in [2.75, 3.05) is 25.5 Å². The lowest BCUT2D eigenvalue weighted by atomic mass is 10.0. The van der Waals surface area contributed by atoms with Crippen LogP contribution < -0.4 is 16.0 Å². The molecule has 1 fully saturated rings. The minimum absolute atomic E-state index is 0.296. The minimum Gasteiger partial charge on any atom is -0.378 e. The molecule has 1 saturated carbocycles. The molecule has 0 amide bonds. The second-order valence-electron chi connectivity index (χ2n) is 5.42. The molecule has 0 aromatic heterocycles. The van der Waals surface area contributed by atoms with Crippen LogP contribution in [0.15, 0.2) is 24.3 Å². The zero-order valence-corrected chi connectivity index (χ0v) is 11.5. The Balaban J connectivity index is 2.02. The Hall–Kier alpha value is -1.06. The van der Waals surface area contributed by atoms with Crippen molar-refractivity contribution in [1.29, 1.82) is 0 Å². The Kier molecular flexibility index (Phi) is 4.61. The Bertz CT molecular complexity index is 353. The Labute approximate surface area is 110 Å². The number of hydrogen-bond donors (Lipinski definition) is 2. The smallest absolute Gasteiger partial charge is 0.0446 e. The molecule has 0 aliphatic heterocycles. The molecule has 2 rings (SSSR count). The molecule has 1 unspecified atom stereocenters. The van der Waals surface area contributed by atoms with Crippen LogP contribution in [-0.2, 0) is 0 Å². The summed E-state index contributed by atoms with van der Waals surface area (Å²) in [5, 5.41) is 3.69. The maximum Gasteiger partial charge on any atom is 0.0446 e. The lowest BCUT2D eigenvalue weighted by molar-refractivity contribution is 0.444. The number of anilines is 1. The molecule has 1 atom stereocenters. The van der Waals surface area contributed by atoms with E-state index in [0.717, 1.165) is 0 Å². The lowest BCUT2D eigenvalue weighted by Gasteiger charge is -2.23. The number of nitrogens with one attached hydrogen (secondary N) is 1. The quantitative estimate of drug-likeness (QED) is 0.839. The number of nitrogens with zero attached hydrogens (tertiary/aromatic N) is 1. The van der Waals surface area contributed by atoms with E-state index in [2.05, 4.69) is 48.6 Å². The minimum atomic E-state index is 0.296. The van der Waals surface area contributed by atoms with Crippen LogP contribution in [0.2, 0.25) is 0 Å². The molecule has 100 valence electrons. The monoisotopic (exact) mass is 247 g/mol. The number of rotatable bonds is 5. The lowest BCUT2D eigenvalue weighted by Crippen LogP contribution is -2.35. The maximum absolute atomic E-state index is 5.91. The van der Waals surface area contributed by atoms with Gasteiger partial charge in [0.1, 0.15) is 0 Å². The Morgan fingerprint density at radius 1 is 1.22 bits per heavy atom. The van der Waals surface area contributed by atoms with Crippen molar-refractivity contribution >= 4 is 5.69 Å². The van der Waals surface area contributed by atoms with Crippen LogP contribution in [-0.4, -0.2) is 26.7 Å². The molecule has 0 spiro atoms. The average molecular weight is 247 g/mol. The topological polar surface area (TPSA) is 41.3 Å². The standard InChI is InChI=1S/C15H25N3/c1-18(2)14-9-7-12(8-10-14)15(11-16)17-13-5-3-4-6-13/h7-10,13,15,17H,3-6,11,16H2,1-2H3. The predicted octanol–water partition coefficient (Wildman–Crippen LogP) is 2.28. The van der Waals surface area contributed by atoms with Crippen LogP contribution >= 0.6 is 0 Å². The first-order valence-corrected chi connectivity index (χ1v) is 6.94. The zero-order valence-electron chi connectivity index (χ0n) is 11.5. The van der Waals surface area contributed by atoms with Gasteiger partial charge in [-0.25, -0.2) is 0 Å². The maximum atomic E-state index is 5.91. The first kappa shape index (κ1) is 13.4. The first-order chi connectivity index (χ1) is 8.70. The van der Waals surface area contributed by atoms with Crippen LogP contribution in [0, 0.1) is 0 Å². The van der Waals surface area contributed by atoms with Crippen LogP contribution in [0.5, 0.6) is 0 Å². The van der Waals surface area contributed by atoms with Gasteiger partial charge in [0.15, 0.2) is 0 Å². The Morgan fingerprint density at radius 3 is 2.33 bits per heavy atom. The third kappa shape index (κ3) is 3.24. The van der Waals surface area contributed by atoms with Gasteiger partial charge in [0.2, 0.25) is 0 Å². The fourth-order valence-electron chi connectivity index (χ4n) is 2.68. The van der Waals surface area contributed by atoms with Gasteiger partial charge in [0.05, 0.1) is 0 Å². The number of benzene rings is 1. The van der Waals surface area contributed by atoms with Gasteiger partial charge >= 0.3 is 0 Å². The molecule has 0 bridgehead atoms. The molecule has 0 saturated heterocycles. The molecule has 1 aromatic carbocycles. The first-order valence-electron chi connectivity index (χ1n) is 6.94. The highest BCUT2D eigenvalue weighted by molar-refractivity contribution is 5.46. The number of nitrogens with two attached hydrogens (primary N) is 1. The van der Waals surface area contributed by atoms with E-state index >= 15 is 0 Å². The van der Waals surface area contributed by atoms with E-state index in [4.69, 9.17) is 5.73 Å². The van der Waals surface area contributed by atoms with Crippen LogP contribution in [0.1, 0.15) is 37.3 Å². The Morgan fingerprint density at radius 2 is 1.83 bits per heavy atom. The molecule has 3 N–H and O–H groups in total. The molecule has 1 aliphatic carbocycles. The normalized spacial score (nSPS) is 17.9. The van der Waals surface area contributed by atoms with Crippen LogP contribution in [0.3, 0.4) is 0 Å². The summed E-state index contributed by atoms with van der Waals surface area (Å²) in [7, 11) is 4.12. The van der Waals surface area contributed by atoms with Crippen molar-refractivity contribution in [2.45, 2.75) is 37.8 Å². The predicted molar refractivity (Wildman–Crippen MR) is 78.0 cm³/mol. The van der Waals surface area contributed by atoms with E-state index in [1.54, 1.807) is 0 Å². The summed E-state index contributed by atoms with van der Waals surface area (Å²) < 4.78 is 0. The van der Waals surface area contributed by atoms with Gasteiger partial charge in [-0.2, -0.15) is 0 Å².